The smallest absolute Gasteiger partial charge is 0.404 e. The molecule has 4 aromatic rings. The third kappa shape index (κ3) is 5.77. The van der Waals surface area contributed by atoms with Gasteiger partial charge < -0.3 is 14.9 Å². The van der Waals surface area contributed by atoms with Gasteiger partial charge in [0.2, 0.25) is 10.0 Å². The van der Waals surface area contributed by atoms with Crippen molar-refractivity contribution in [3.8, 4) is 21.6 Å². The first-order chi connectivity index (χ1) is 18.0. The lowest BCUT2D eigenvalue weighted by Gasteiger charge is -2.26. The van der Waals surface area contributed by atoms with E-state index in [-0.39, 0.29) is 16.9 Å². The van der Waals surface area contributed by atoms with Crippen molar-refractivity contribution in [3.05, 3.63) is 59.9 Å². The molecule has 1 fully saturated rings. The van der Waals surface area contributed by atoms with Crippen LogP contribution in [0.3, 0.4) is 0 Å². The van der Waals surface area contributed by atoms with Crippen LogP contribution in [0.25, 0.3) is 32.5 Å². The Morgan fingerprint density at radius 3 is 2.50 bits per heavy atom. The number of nitrogens with one attached hydrogen (secondary N) is 1. The molecule has 0 bridgehead atoms. The molecule has 38 heavy (non-hydrogen) atoms. The van der Waals surface area contributed by atoms with Crippen molar-refractivity contribution in [1.82, 2.24) is 9.71 Å². The van der Waals surface area contributed by atoms with Crippen LogP contribution in [0.1, 0.15) is 57.4 Å². The number of nitrogens with two attached hydrogens (primary N) is 1. The molecule has 0 saturated heterocycles. The largest absolute Gasteiger partial charge is 0.464 e. The van der Waals surface area contributed by atoms with Gasteiger partial charge in [-0.2, -0.15) is 0 Å². The van der Waals surface area contributed by atoms with Gasteiger partial charge in [0.05, 0.1) is 21.0 Å². The van der Waals surface area contributed by atoms with Crippen LogP contribution in [0.5, 0.6) is 0 Å². The fourth-order valence-electron chi connectivity index (χ4n) is 4.92. The standard InChI is InChI=1S/C28H31N3O5S2/c1-28(2,3)31-38(33,34)25-15-19(18-7-11-23-20(14-18)12-13-35-23)6-10-22(25)24-16-30-26(37-24)17-4-8-21(9-5-17)36-27(29)32/h6-7,10-17,21,31H,4-5,8-9H2,1-3H3,(H2,29,32). The van der Waals surface area contributed by atoms with Crippen molar-refractivity contribution in [1.29, 1.82) is 0 Å². The Morgan fingerprint density at radius 1 is 1.08 bits per heavy atom. The summed E-state index contributed by atoms with van der Waals surface area (Å²) in [6, 6.07) is 13.2. The van der Waals surface area contributed by atoms with Crippen LogP contribution in [0.2, 0.25) is 0 Å². The lowest BCUT2D eigenvalue weighted by Crippen LogP contribution is -2.40. The van der Waals surface area contributed by atoms with E-state index in [0.29, 0.717) is 5.56 Å². The molecule has 0 unspecified atom stereocenters. The van der Waals surface area contributed by atoms with Crippen molar-refractivity contribution in [2.24, 2.45) is 5.73 Å². The molecule has 0 aliphatic heterocycles. The van der Waals surface area contributed by atoms with E-state index in [0.717, 1.165) is 57.7 Å². The van der Waals surface area contributed by atoms with E-state index >= 15 is 0 Å². The Balaban J connectivity index is 1.50. The molecular formula is C28H31N3O5S2. The van der Waals surface area contributed by atoms with Crippen molar-refractivity contribution in [2.75, 3.05) is 0 Å². The molecular weight excluding hydrogens is 522 g/mol. The molecule has 0 spiro atoms. The maximum absolute atomic E-state index is 13.6. The first-order valence-electron chi connectivity index (χ1n) is 12.6. The van der Waals surface area contributed by atoms with Crippen molar-refractivity contribution < 1.29 is 22.4 Å². The van der Waals surface area contributed by atoms with Crippen LogP contribution in [-0.2, 0) is 14.8 Å². The summed E-state index contributed by atoms with van der Waals surface area (Å²) >= 11 is 1.51. The zero-order chi connectivity index (χ0) is 27.1. The second-order valence-corrected chi connectivity index (χ2v) is 13.4. The van der Waals surface area contributed by atoms with Gasteiger partial charge in [0.15, 0.2) is 0 Å². The van der Waals surface area contributed by atoms with Crippen LogP contribution in [0.4, 0.5) is 4.79 Å². The number of rotatable bonds is 6. The third-order valence-electron chi connectivity index (χ3n) is 6.59. The van der Waals surface area contributed by atoms with E-state index in [9.17, 15) is 13.2 Å². The Labute approximate surface area is 226 Å². The second-order valence-electron chi connectivity index (χ2n) is 10.7. The molecule has 5 rings (SSSR count). The molecule has 8 nitrogen and oxygen atoms in total. The maximum Gasteiger partial charge on any atom is 0.404 e. The summed E-state index contributed by atoms with van der Waals surface area (Å²) in [5, 5.41) is 1.91. The van der Waals surface area contributed by atoms with Gasteiger partial charge in [0, 0.05) is 28.6 Å². The Kier molecular flexibility index (Phi) is 7.06. The first-order valence-corrected chi connectivity index (χ1v) is 14.9. The first kappa shape index (κ1) is 26.4. The minimum atomic E-state index is -3.84. The fraction of sp³-hybridized carbons (Fsp3) is 0.357. The number of aromatic nitrogens is 1. The highest BCUT2D eigenvalue weighted by Gasteiger charge is 2.29. The third-order valence-corrected chi connectivity index (χ3v) is 9.58. The van der Waals surface area contributed by atoms with Crippen molar-refractivity contribution >= 4 is 38.4 Å². The predicted molar refractivity (Wildman–Crippen MR) is 148 cm³/mol. The Hall–Kier alpha value is -3.21. The highest BCUT2D eigenvalue weighted by atomic mass is 32.2. The minimum Gasteiger partial charge on any atom is -0.464 e. The monoisotopic (exact) mass is 553 g/mol. The molecule has 2 aromatic carbocycles. The molecule has 0 radical (unpaired) electrons. The highest BCUT2D eigenvalue weighted by Crippen LogP contribution is 2.41. The highest BCUT2D eigenvalue weighted by molar-refractivity contribution is 7.89. The van der Waals surface area contributed by atoms with Gasteiger partial charge in [0.25, 0.3) is 0 Å². The number of hydrogen-bond acceptors (Lipinski definition) is 7. The van der Waals surface area contributed by atoms with Crippen molar-refractivity contribution in [3.63, 3.8) is 0 Å². The summed E-state index contributed by atoms with van der Waals surface area (Å²) < 4.78 is 40.7. The molecule has 2 aromatic heterocycles. The van der Waals surface area contributed by atoms with E-state index in [1.54, 1.807) is 18.5 Å². The fourth-order valence-corrected chi connectivity index (χ4v) is 7.78. The van der Waals surface area contributed by atoms with Gasteiger partial charge in [-0.05, 0) is 81.8 Å². The number of furan rings is 1. The van der Waals surface area contributed by atoms with Gasteiger partial charge >= 0.3 is 6.09 Å². The van der Waals surface area contributed by atoms with Gasteiger partial charge in [-0.25, -0.2) is 22.9 Å². The van der Waals surface area contributed by atoms with Crippen LogP contribution in [-0.4, -0.2) is 31.1 Å². The van der Waals surface area contributed by atoms with Gasteiger partial charge in [-0.1, -0.05) is 18.2 Å². The number of nitrogens with zero attached hydrogens (tertiary/aromatic N) is 1. The topological polar surface area (TPSA) is 125 Å². The molecule has 1 saturated carbocycles. The van der Waals surface area contributed by atoms with E-state index < -0.39 is 21.7 Å². The average molecular weight is 554 g/mol. The molecule has 1 aliphatic rings. The van der Waals surface area contributed by atoms with Gasteiger partial charge in [0.1, 0.15) is 11.7 Å². The number of hydrogen-bond donors (Lipinski definition) is 2. The molecule has 10 heteroatoms. The summed E-state index contributed by atoms with van der Waals surface area (Å²) in [4.78, 5) is 16.7. The molecule has 2 heterocycles. The van der Waals surface area contributed by atoms with E-state index in [2.05, 4.69) is 9.71 Å². The average Bonchev–Trinajstić information content (AvgIpc) is 3.52. The number of benzene rings is 2. The summed E-state index contributed by atoms with van der Waals surface area (Å²) in [6.45, 7) is 5.47. The summed E-state index contributed by atoms with van der Waals surface area (Å²) in [5.74, 6) is 0.232. The quantitative estimate of drug-likeness (QED) is 0.284. The lowest BCUT2D eigenvalue weighted by molar-refractivity contribution is 0.0787. The summed E-state index contributed by atoms with van der Waals surface area (Å²) in [6.07, 6.45) is 5.62. The van der Waals surface area contributed by atoms with Crippen LogP contribution < -0.4 is 10.5 Å². The maximum atomic E-state index is 13.6. The minimum absolute atomic E-state index is 0.155. The Bertz CT molecular complexity index is 1580. The lowest BCUT2D eigenvalue weighted by atomic mass is 9.88. The summed E-state index contributed by atoms with van der Waals surface area (Å²) in [7, 11) is -3.84. The number of carbonyl (C=O) groups excluding carboxylic acids is 1. The molecule has 3 N–H and O–H groups in total. The number of carbonyl (C=O) groups is 1. The number of ether oxygens (including phenoxy) is 1. The molecule has 1 amide bonds. The van der Waals surface area contributed by atoms with Gasteiger partial charge in [-0.3, -0.25) is 0 Å². The van der Waals surface area contributed by atoms with E-state index in [1.807, 2.05) is 57.2 Å². The number of fused-ring (bicyclic) bond motifs is 1. The van der Waals surface area contributed by atoms with Crippen LogP contribution in [0.15, 0.2) is 64.2 Å². The van der Waals surface area contributed by atoms with Gasteiger partial charge in [-0.15, -0.1) is 11.3 Å². The number of thiazole rings is 1. The van der Waals surface area contributed by atoms with Crippen molar-refractivity contribution in [2.45, 2.75) is 68.9 Å². The second kappa shape index (κ2) is 10.2. The predicted octanol–water partition coefficient (Wildman–Crippen LogP) is 6.42. The van der Waals surface area contributed by atoms with E-state index in [4.69, 9.17) is 14.9 Å². The number of amides is 1. The molecule has 1 aliphatic carbocycles. The number of primary amides is 1. The zero-order valence-electron chi connectivity index (χ0n) is 21.6. The number of sulfonamides is 1. The normalized spacial score (nSPS) is 18.5. The van der Waals surface area contributed by atoms with Crippen LogP contribution >= 0.6 is 11.3 Å². The molecule has 200 valence electrons. The Morgan fingerprint density at radius 2 is 1.79 bits per heavy atom. The molecule has 0 atom stereocenters. The van der Waals surface area contributed by atoms with E-state index in [1.165, 1.54) is 11.3 Å². The van der Waals surface area contributed by atoms with Crippen LogP contribution in [0, 0.1) is 0 Å². The summed E-state index contributed by atoms with van der Waals surface area (Å²) in [5.41, 5.74) is 7.60. The zero-order valence-corrected chi connectivity index (χ0v) is 23.2. The SMILES string of the molecule is CC(C)(C)NS(=O)(=O)c1cc(-c2ccc3occc3c2)ccc1-c1cnc(C2CCC(OC(N)=O)CC2)s1.